The maximum atomic E-state index is 11.6. The van der Waals surface area contributed by atoms with Crippen molar-refractivity contribution in [2.24, 2.45) is 0 Å². The van der Waals surface area contributed by atoms with E-state index in [0.717, 1.165) is 0 Å². The second-order valence-corrected chi connectivity index (χ2v) is 6.27. The summed E-state index contributed by atoms with van der Waals surface area (Å²) in [5.41, 5.74) is 7.47. The number of urea groups is 1. The molecule has 0 bridgehead atoms. The lowest BCUT2D eigenvalue weighted by Crippen LogP contribution is -2.34. The van der Waals surface area contributed by atoms with E-state index in [1.807, 2.05) is 19.1 Å². The first-order chi connectivity index (χ1) is 15.0. The topological polar surface area (TPSA) is 134 Å². The van der Waals surface area contributed by atoms with Crippen molar-refractivity contribution in [3.05, 3.63) is 48.3 Å². The number of benzene rings is 1. The Labute approximate surface area is 179 Å². The maximum Gasteiger partial charge on any atom is 0.315 e. The molecule has 2 amide bonds. The van der Waals surface area contributed by atoms with Gasteiger partial charge in [0.2, 0.25) is 5.75 Å². The van der Waals surface area contributed by atoms with Crippen molar-refractivity contribution < 1.29 is 19.0 Å². The summed E-state index contributed by atoms with van der Waals surface area (Å²) < 4.78 is 16.6. The Bertz CT molecular complexity index is 1060. The number of aromatic nitrogens is 3. The first kappa shape index (κ1) is 21.6. The van der Waals surface area contributed by atoms with Crippen LogP contribution in [0.15, 0.2) is 42.6 Å². The molecule has 0 atom stereocenters. The average molecular weight is 424 g/mol. The minimum atomic E-state index is -0.269. The maximum absolute atomic E-state index is 11.6. The quantitative estimate of drug-likeness (QED) is 0.503. The number of carbonyl (C=O) groups excluding carboxylic acids is 1. The average Bonchev–Trinajstić information content (AvgIpc) is 2.79. The molecule has 4 N–H and O–H groups in total. The van der Waals surface area contributed by atoms with Crippen molar-refractivity contribution >= 4 is 11.8 Å². The first-order valence-corrected chi connectivity index (χ1v) is 9.55. The van der Waals surface area contributed by atoms with Crippen LogP contribution < -0.4 is 30.6 Å². The number of ether oxygens (including phenoxy) is 3. The van der Waals surface area contributed by atoms with Crippen molar-refractivity contribution in [1.82, 2.24) is 25.6 Å². The van der Waals surface area contributed by atoms with Crippen LogP contribution in [0.3, 0.4) is 0 Å². The summed E-state index contributed by atoms with van der Waals surface area (Å²) in [6.07, 6.45) is 1.61. The predicted molar refractivity (Wildman–Crippen MR) is 115 cm³/mol. The van der Waals surface area contributed by atoms with Gasteiger partial charge in [0.1, 0.15) is 0 Å². The Morgan fingerprint density at radius 3 is 2.55 bits per heavy atom. The monoisotopic (exact) mass is 424 g/mol. The van der Waals surface area contributed by atoms with Crippen LogP contribution >= 0.6 is 0 Å². The van der Waals surface area contributed by atoms with Crippen LogP contribution in [-0.4, -0.2) is 41.7 Å². The number of amides is 2. The molecular formula is C21H24N6O4. The molecule has 3 rings (SSSR count). The predicted octanol–water partition coefficient (Wildman–Crippen LogP) is 2.75. The van der Waals surface area contributed by atoms with Gasteiger partial charge in [-0.15, -0.1) is 0 Å². The Balaban J connectivity index is 1.87. The molecule has 0 unspecified atom stereocenters. The number of pyridine rings is 1. The molecule has 162 valence electrons. The molecule has 3 aromatic rings. The number of carbonyl (C=O) groups is 1. The third-order valence-corrected chi connectivity index (χ3v) is 4.18. The lowest BCUT2D eigenvalue weighted by Gasteiger charge is -2.14. The zero-order valence-electron chi connectivity index (χ0n) is 17.5. The zero-order chi connectivity index (χ0) is 22.2. The summed E-state index contributed by atoms with van der Waals surface area (Å²) in [5.74, 6) is 1.78. The minimum Gasteiger partial charge on any atom is -0.493 e. The number of methoxy groups -OCH3 is 2. The van der Waals surface area contributed by atoms with Crippen LogP contribution in [0.1, 0.15) is 12.6 Å². The Hall–Kier alpha value is -4.08. The van der Waals surface area contributed by atoms with Gasteiger partial charge in [0.05, 0.1) is 26.5 Å². The van der Waals surface area contributed by atoms with Crippen LogP contribution in [0, 0.1) is 0 Å². The molecule has 31 heavy (non-hydrogen) atoms. The van der Waals surface area contributed by atoms with E-state index in [9.17, 15) is 4.79 Å². The molecule has 2 heterocycles. The lowest BCUT2D eigenvalue weighted by molar-refractivity contribution is 0.241. The van der Waals surface area contributed by atoms with Crippen molar-refractivity contribution in [1.29, 1.82) is 0 Å². The zero-order valence-corrected chi connectivity index (χ0v) is 17.5. The number of nitrogens with zero attached hydrogens (tertiary/aromatic N) is 3. The number of para-hydroxylation sites is 2. The van der Waals surface area contributed by atoms with Gasteiger partial charge in [0, 0.05) is 18.3 Å². The highest BCUT2D eigenvalue weighted by Crippen LogP contribution is 2.39. The van der Waals surface area contributed by atoms with Gasteiger partial charge in [0.25, 0.3) is 5.88 Å². The summed E-state index contributed by atoms with van der Waals surface area (Å²) in [5, 5.41) is 5.39. The fraction of sp³-hybridized carbons (Fsp3) is 0.238. The van der Waals surface area contributed by atoms with Gasteiger partial charge in [-0.05, 0) is 31.2 Å². The van der Waals surface area contributed by atoms with Gasteiger partial charge in [-0.25, -0.2) is 9.78 Å². The summed E-state index contributed by atoms with van der Waals surface area (Å²) >= 11 is 0. The second-order valence-electron chi connectivity index (χ2n) is 6.27. The van der Waals surface area contributed by atoms with Gasteiger partial charge in [-0.2, -0.15) is 4.98 Å². The van der Waals surface area contributed by atoms with E-state index in [1.54, 1.807) is 37.6 Å². The van der Waals surface area contributed by atoms with E-state index in [0.29, 0.717) is 35.1 Å². The number of nitrogen functional groups attached to an aromatic ring is 1. The van der Waals surface area contributed by atoms with Crippen LogP contribution in [0.25, 0.3) is 11.4 Å². The van der Waals surface area contributed by atoms with E-state index >= 15 is 0 Å². The minimum absolute atomic E-state index is 0.103. The number of hydrogen-bond donors (Lipinski definition) is 3. The summed E-state index contributed by atoms with van der Waals surface area (Å²) in [6.45, 7) is 2.63. The second kappa shape index (κ2) is 10.1. The number of hydrogen-bond acceptors (Lipinski definition) is 8. The molecule has 10 heteroatoms. The summed E-state index contributed by atoms with van der Waals surface area (Å²) in [7, 11) is 3.01. The molecule has 0 aliphatic heterocycles. The normalized spacial score (nSPS) is 10.3. The van der Waals surface area contributed by atoms with Crippen LogP contribution in [0.5, 0.6) is 23.1 Å². The molecule has 2 aromatic heterocycles. The third-order valence-electron chi connectivity index (χ3n) is 4.18. The van der Waals surface area contributed by atoms with Crippen LogP contribution in [-0.2, 0) is 6.54 Å². The molecule has 1 aromatic carbocycles. The van der Waals surface area contributed by atoms with Crippen molar-refractivity contribution in [2.75, 3.05) is 26.5 Å². The van der Waals surface area contributed by atoms with E-state index in [1.165, 1.54) is 7.11 Å². The van der Waals surface area contributed by atoms with Gasteiger partial charge in [-0.3, -0.25) is 4.98 Å². The van der Waals surface area contributed by atoms with Crippen molar-refractivity contribution in [2.45, 2.75) is 13.5 Å². The molecule has 10 nitrogen and oxygen atoms in total. The number of rotatable bonds is 8. The Morgan fingerprint density at radius 2 is 1.84 bits per heavy atom. The smallest absolute Gasteiger partial charge is 0.315 e. The fourth-order valence-corrected chi connectivity index (χ4v) is 2.73. The highest BCUT2D eigenvalue weighted by molar-refractivity contribution is 5.73. The molecule has 0 aliphatic carbocycles. The molecule has 0 radical (unpaired) electrons. The van der Waals surface area contributed by atoms with Gasteiger partial charge >= 0.3 is 6.03 Å². The molecule has 0 saturated carbocycles. The fourth-order valence-electron chi connectivity index (χ4n) is 2.73. The number of nitrogens with two attached hydrogens (primary N) is 1. The van der Waals surface area contributed by atoms with E-state index in [-0.39, 0.29) is 30.0 Å². The molecular weight excluding hydrogens is 400 g/mol. The van der Waals surface area contributed by atoms with E-state index in [2.05, 4.69) is 25.6 Å². The van der Waals surface area contributed by atoms with Gasteiger partial charge in [-0.1, -0.05) is 12.1 Å². The largest absolute Gasteiger partial charge is 0.493 e. The van der Waals surface area contributed by atoms with E-state index in [4.69, 9.17) is 19.9 Å². The summed E-state index contributed by atoms with van der Waals surface area (Å²) in [6, 6.07) is 10.4. The van der Waals surface area contributed by atoms with Crippen LogP contribution in [0.2, 0.25) is 0 Å². The first-order valence-electron chi connectivity index (χ1n) is 9.55. The van der Waals surface area contributed by atoms with Crippen LogP contribution in [0.4, 0.5) is 10.6 Å². The van der Waals surface area contributed by atoms with Crippen molar-refractivity contribution in [3.8, 4) is 34.5 Å². The van der Waals surface area contributed by atoms with Crippen molar-refractivity contribution in [3.63, 3.8) is 0 Å². The number of nitrogens with one attached hydrogen (secondary N) is 2. The Kier molecular flexibility index (Phi) is 7.05. The number of anilines is 1. The highest BCUT2D eigenvalue weighted by Gasteiger charge is 2.18. The standard InChI is InChI=1S/C21H24N6O4/c1-4-23-21(28)25-12-14-11-13(9-10-24-14)19-26-18(22)17(20(27-19)30-3)31-16-8-6-5-7-15(16)29-2/h5-11H,4,12H2,1-3H3,(H2,22,26,27)(H2,23,25,28). The molecule has 0 saturated heterocycles. The highest BCUT2D eigenvalue weighted by atomic mass is 16.5. The molecule has 0 spiro atoms. The third kappa shape index (κ3) is 5.30. The van der Waals surface area contributed by atoms with E-state index < -0.39 is 0 Å². The Morgan fingerprint density at radius 1 is 1.06 bits per heavy atom. The lowest BCUT2D eigenvalue weighted by atomic mass is 10.2. The molecule has 0 fully saturated rings. The summed E-state index contributed by atoms with van der Waals surface area (Å²) in [4.78, 5) is 24.7. The molecule has 0 aliphatic rings. The SMILES string of the molecule is CCNC(=O)NCc1cc(-c2nc(N)c(Oc3ccccc3OC)c(OC)n2)ccn1. The van der Waals surface area contributed by atoms with Gasteiger partial charge in [0.15, 0.2) is 23.1 Å². The van der Waals surface area contributed by atoms with Gasteiger partial charge < -0.3 is 30.6 Å².